The molecular formula is C7H11NOS. The third kappa shape index (κ3) is 2.79. The van der Waals surface area contributed by atoms with Crippen LogP contribution in [0.25, 0.3) is 0 Å². The van der Waals surface area contributed by atoms with Gasteiger partial charge in [-0.25, -0.2) is 0 Å². The van der Waals surface area contributed by atoms with E-state index in [2.05, 4.69) is 18.5 Å². The SMILES string of the molecule is C#CCN(CC)C(=O)CS. The highest BCUT2D eigenvalue weighted by Crippen LogP contribution is 1.89. The molecule has 1 amide bonds. The second kappa shape index (κ2) is 5.19. The second-order valence-electron chi connectivity index (χ2n) is 1.77. The fourth-order valence-electron chi connectivity index (χ4n) is 0.587. The molecule has 0 aromatic rings. The summed E-state index contributed by atoms with van der Waals surface area (Å²) in [5.41, 5.74) is 0. The van der Waals surface area contributed by atoms with Gasteiger partial charge in [0.1, 0.15) is 0 Å². The summed E-state index contributed by atoms with van der Waals surface area (Å²) in [4.78, 5) is 12.5. The number of hydrogen-bond acceptors (Lipinski definition) is 2. The monoisotopic (exact) mass is 157 g/mol. The molecule has 0 aliphatic heterocycles. The van der Waals surface area contributed by atoms with Crippen molar-refractivity contribution in [2.45, 2.75) is 6.92 Å². The van der Waals surface area contributed by atoms with Crippen LogP contribution in [0.3, 0.4) is 0 Å². The lowest BCUT2D eigenvalue weighted by atomic mass is 10.5. The number of amides is 1. The van der Waals surface area contributed by atoms with E-state index in [1.54, 1.807) is 4.90 Å². The first-order chi connectivity index (χ1) is 4.76. The van der Waals surface area contributed by atoms with E-state index >= 15 is 0 Å². The first kappa shape index (κ1) is 9.38. The summed E-state index contributed by atoms with van der Waals surface area (Å²) in [5.74, 6) is 2.63. The van der Waals surface area contributed by atoms with E-state index in [1.165, 1.54) is 0 Å². The standard InChI is InChI=1S/C7H11NOS/c1-3-5-8(4-2)7(9)6-10/h1,10H,4-6H2,2H3. The topological polar surface area (TPSA) is 20.3 Å². The molecular weight excluding hydrogens is 146 g/mol. The first-order valence-electron chi connectivity index (χ1n) is 3.08. The van der Waals surface area contributed by atoms with Crippen LogP contribution in [0.15, 0.2) is 0 Å². The number of terminal acetylenes is 1. The quantitative estimate of drug-likeness (QED) is 0.464. The van der Waals surface area contributed by atoms with Crippen molar-refractivity contribution >= 4 is 18.5 Å². The van der Waals surface area contributed by atoms with Crippen LogP contribution < -0.4 is 0 Å². The zero-order chi connectivity index (χ0) is 7.98. The average molecular weight is 157 g/mol. The predicted octanol–water partition coefficient (Wildman–Crippen LogP) is 0.398. The normalized spacial score (nSPS) is 8.50. The molecule has 0 rings (SSSR count). The van der Waals surface area contributed by atoms with Crippen LogP contribution in [0, 0.1) is 12.3 Å². The summed E-state index contributed by atoms with van der Waals surface area (Å²) in [7, 11) is 0. The summed E-state index contributed by atoms with van der Waals surface area (Å²) in [6.45, 7) is 2.93. The maximum absolute atomic E-state index is 10.9. The Balaban J connectivity index is 3.83. The van der Waals surface area contributed by atoms with Crippen LogP contribution in [0.4, 0.5) is 0 Å². The van der Waals surface area contributed by atoms with Gasteiger partial charge in [0.2, 0.25) is 5.91 Å². The summed E-state index contributed by atoms with van der Waals surface area (Å²) in [6.07, 6.45) is 5.03. The van der Waals surface area contributed by atoms with Crippen molar-refractivity contribution in [3.8, 4) is 12.3 Å². The largest absolute Gasteiger partial charge is 0.331 e. The third-order valence-corrected chi connectivity index (χ3v) is 1.42. The van der Waals surface area contributed by atoms with Gasteiger partial charge in [-0.05, 0) is 6.92 Å². The molecule has 56 valence electrons. The molecule has 10 heavy (non-hydrogen) atoms. The minimum Gasteiger partial charge on any atom is -0.331 e. The highest BCUT2D eigenvalue weighted by Gasteiger charge is 2.05. The van der Waals surface area contributed by atoms with Gasteiger partial charge in [-0.1, -0.05) is 5.92 Å². The summed E-state index contributed by atoms with van der Waals surface area (Å²) in [6, 6.07) is 0. The molecule has 0 radical (unpaired) electrons. The molecule has 0 aliphatic rings. The van der Waals surface area contributed by atoms with Crippen molar-refractivity contribution in [3.63, 3.8) is 0 Å². The number of hydrogen-bond donors (Lipinski definition) is 1. The van der Waals surface area contributed by atoms with Crippen LogP contribution >= 0.6 is 12.6 Å². The van der Waals surface area contributed by atoms with E-state index < -0.39 is 0 Å². The average Bonchev–Trinajstić information content (AvgIpc) is 1.99. The molecule has 0 heterocycles. The Bertz CT molecular complexity index is 150. The molecule has 0 aromatic carbocycles. The lowest BCUT2D eigenvalue weighted by Gasteiger charge is -2.15. The fraction of sp³-hybridized carbons (Fsp3) is 0.571. The van der Waals surface area contributed by atoms with Gasteiger partial charge in [0, 0.05) is 6.54 Å². The molecule has 2 nitrogen and oxygen atoms in total. The summed E-state index contributed by atoms with van der Waals surface area (Å²) in [5, 5.41) is 0. The van der Waals surface area contributed by atoms with E-state index in [-0.39, 0.29) is 11.7 Å². The molecule has 0 aliphatic carbocycles. The third-order valence-electron chi connectivity index (χ3n) is 1.15. The van der Waals surface area contributed by atoms with E-state index in [9.17, 15) is 4.79 Å². The van der Waals surface area contributed by atoms with Crippen LogP contribution in [0.5, 0.6) is 0 Å². The van der Waals surface area contributed by atoms with Crippen molar-refractivity contribution in [1.29, 1.82) is 0 Å². The predicted molar refractivity (Wildman–Crippen MR) is 44.9 cm³/mol. The Kier molecular flexibility index (Phi) is 4.87. The second-order valence-corrected chi connectivity index (χ2v) is 2.09. The van der Waals surface area contributed by atoms with Gasteiger partial charge < -0.3 is 4.90 Å². The molecule has 0 bridgehead atoms. The molecule has 0 saturated carbocycles. The minimum atomic E-state index is -0.0104. The molecule has 0 atom stereocenters. The Hall–Kier alpha value is -0.620. The van der Waals surface area contributed by atoms with Crippen molar-refractivity contribution in [3.05, 3.63) is 0 Å². The molecule has 0 spiro atoms. The number of carbonyl (C=O) groups is 1. The van der Waals surface area contributed by atoms with Crippen LogP contribution in [-0.2, 0) is 4.79 Å². The zero-order valence-corrected chi connectivity index (χ0v) is 6.90. The zero-order valence-electron chi connectivity index (χ0n) is 6.00. The van der Waals surface area contributed by atoms with Gasteiger partial charge in [-0.3, -0.25) is 4.79 Å². The van der Waals surface area contributed by atoms with Gasteiger partial charge in [0.25, 0.3) is 0 Å². The Labute approximate surface area is 67.0 Å². The Morgan fingerprint density at radius 2 is 2.40 bits per heavy atom. The fourth-order valence-corrected chi connectivity index (χ4v) is 0.787. The highest BCUT2D eigenvalue weighted by atomic mass is 32.1. The van der Waals surface area contributed by atoms with E-state index in [1.807, 2.05) is 6.92 Å². The summed E-state index contributed by atoms with van der Waals surface area (Å²) < 4.78 is 0. The minimum absolute atomic E-state index is 0.0104. The van der Waals surface area contributed by atoms with Crippen molar-refractivity contribution in [2.75, 3.05) is 18.8 Å². The van der Waals surface area contributed by atoms with Crippen molar-refractivity contribution < 1.29 is 4.79 Å². The molecule has 0 fully saturated rings. The summed E-state index contributed by atoms with van der Waals surface area (Å²) >= 11 is 3.84. The van der Waals surface area contributed by atoms with Crippen molar-refractivity contribution in [2.24, 2.45) is 0 Å². The van der Waals surface area contributed by atoms with E-state index in [0.717, 1.165) is 0 Å². The number of nitrogens with zero attached hydrogens (tertiary/aromatic N) is 1. The lowest BCUT2D eigenvalue weighted by Crippen LogP contribution is -2.31. The van der Waals surface area contributed by atoms with Crippen molar-refractivity contribution in [1.82, 2.24) is 4.90 Å². The van der Waals surface area contributed by atoms with E-state index in [0.29, 0.717) is 13.1 Å². The van der Waals surface area contributed by atoms with Crippen LogP contribution in [-0.4, -0.2) is 29.6 Å². The Morgan fingerprint density at radius 1 is 1.80 bits per heavy atom. The molecule has 0 unspecified atom stereocenters. The number of rotatable bonds is 3. The molecule has 0 saturated heterocycles. The maximum Gasteiger partial charge on any atom is 0.233 e. The number of carbonyl (C=O) groups excluding carboxylic acids is 1. The molecule has 0 N–H and O–H groups in total. The van der Waals surface area contributed by atoms with Crippen LogP contribution in [0.1, 0.15) is 6.92 Å². The van der Waals surface area contributed by atoms with Crippen LogP contribution in [0.2, 0.25) is 0 Å². The van der Waals surface area contributed by atoms with Gasteiger partial charge in [-0.15, -0.1) is 6.42 Å². The maximum atomic E-state index is 10.9. The van der Waals surface area contributed by atoms with E-state index in [4.69, 9.17) is 6.42 Å². The van der Waals surface area contributed by atoms with Gasteiger partial charge in [-0.2, -0.15) is 12.6 Å². The lowest BCUT2D eigenvalue weighted by molar-refractivity contribution is -0.127. The first-order valence-corrected chi connectivity index (χ1v) is 3.71. The van der Waals surface area contributed by atoms with Gasteiger partial charge in [0.15, 0.2) is 0 Å². The Morgan fingerprint density at radius 3 is 2.70 bits per heavy atom. The molecule has 3 heteroatoms. The highest BCUT2D eigenvalue weighted by molar-refractivity contribution is 7.81. The molecule has 0 aromatic heterocycles. The number of thiol groups is 1. The smallest absolute Gasteiger partial charge is 0.233 e. The van der Waals surface area contributed by atoms with Gasteiger partial charge >= 0.3 is 0 Å². The van der Waals surface area contributed by atoms with Gasteiger partial charge in [0.05, 0.1) is 12.3 Å².